The molecule has 0 bridgehead atoms. The Morgan fingerprint density at radius 2 is 2.05 bits per heavy atom. The van der Waals surface area contributed by atoms with Crippen molar-refractivity contribution in [2.24, 2.45) is 5.92 Å². The van der Waals surface area contributed by atoms with E-state index in [2.05, 4.69) is 35.3 Å². The highest BCUT2D eigenvalue weighted by Gasteiger charge is 2.22. The number of fused-ring (bicyclic) bond motifs is 1. The van der Waals surface area contributed by atoms with Gasteiger partial charge in [0.15, 0.2) is 0 Å². The maximum absolute atomic E-state index is 3.72. The molecule has 2 heterocycles. The van der Waals surface area contributed by atoms with Gasteiger partial charge in [-0.3, -0.25) is 0 Å². The van der Waals surface area contributed by atoms with E-state index >= 15 is 0 Å². The minimum absolute atomic E-state index is 0.828. The third-order valence-corrected chi connectivity index (χ3v) is 4.60. The summed E-state index contributed by atoms with van der Waals surface area (Å²) in [4.78, 5) is 2.58. The summed E-state index contributed by atoms with van der Waals surface area (Å²) in [7, 11) is 0. The summed E-state index contributed by atoms with van der Waals surface area (Å²) in [5.74, 6) is 0.828. The lowest BCUT2D eigenvalue weighted by Gasteiger charge is -2.34. The molecule has 19 heavy (non-hydrogen) atoms. The van der Waals surface area contributed by atoms with Crippen molar-refractivity contribution in [3.05, 3.63) is 23.8 Å². The van der Waals surface area contributed by atoms with Crippen molar-refractivity contribution in [1.29, 1.82) is 0 Å². The summed E-state index contributed by atoms with van der Waals surface area (Å²) in [6.07, 6.45) is 8.01. The van der Waals surface area contributed by atoms with Gasteiger partial charge in [0, 0.05) is 19.6 Å². The highest BCUT2D eigenvalue weighted by molar-refractivity contribution is 5.74. The molecule has 3 rings (SSSR count). The van der Waals surface area contributed by atoms with Crippen LogP contribution in [-0.4, -0.2) is 19.6 Å². The van der Waals surface area contributed by atoms with Crippen LogP contribution >= 0.6 is 0 Å². The van der Waals surface area contributed by atoms with Gasteiger partial charge in [-0.25, -0.2) is 0 Å². The van der Waals surface area contributed by atoms with Crippen LogP contribution in [0.15, 0.2) is 18.2 Å². The normalized spacial score (nSPS) is 22.8. The largest absolute Gasteiger partial charge is 0.383 e. The molecule has 0 amide bonds. The number of nitrogens with one attached hydrogen (secondary N) is 1. The van der Waals surface area contributed by atoms with Crippen LogP contribution in [0.3, 0.4) is 0 Å². The van der Waals surface area contributed by atoms with Gasteiger partial charge < -0.3 is 10.2 Å². The number of hydrogen-bond acceptors (Lipinski definition) is 2. The first-order chi connectivity index (χ1) is 9.38. The summed E-state index contributed by atoms with van der Waals surface area (Å²) in [5, 5.41) is 3.72. The maximum Gasteiger partial charge on any atom is 0.0610 e. The molecule has 0 spiro atoms. The second-order valence-corrected chi connectivity index (χ2v) is 6.10. The monoisotopic (exact) mass is 258 g/mol. The quantitative estimate of drug-likeness (QED) is 0.879. The Labute approximate surface area is 117 Å². The first-order valence-corrected chi connectivity index (χ1v) is 7.99. The van der Waals surface area contributed by atoms with E-state index in [9.17, 15) is 0 Å². The fourth-order valence-corrected chi connectivity index (χ4v) is 3.60. The zero-order chi connectivity index (χ0) is 13.1. The minimum atomic E-state index is 0.828. The predicted molar refractivity (Wildman–Crippen MR) is 83.1 cm³/mol. The van der Waals surface area contributed by atoms with Crippen molar-refractivity contribution in [2.75, 3.05) is 29.9 Å². The van der Waals surface area contributed by atoms with Gasteiger partial charge in [-0.1, -0.05) is 25.5 Å². The van der Waals surface area contributed by atoms with Gasteiger partial charge in [0.1, 0.15) is 0 Å². The van der Waals surface area contributed by atoms with Gasteiger partial charge in [0.25, 0.3) is 0 Å². The van der Waals surface area contributed by atoms with Crippen molar-refractivity contribution < 1.29 is 0 Å². The Bertz CT molecular complexity index is 421. The molecule has 2 aliphatic rings. The van der Waals surface area contributed by atoms with Crippen molar-refractivity contribution in [1.82, 2.24) is 0 Å². The van der Waals surface area contributed by atoms with Crippen LogP contribution in [0.25, 0.3) is 0 Å². The summed E-state index contributed by atoms with van der Waals surface area (Å²) >= 11 is 0. The summed E-state index contributed by atoms with van der Waals surface area (Å²) in [6.45, 7) is 5.92. The minimum Gasteiger partial charge on any atom is -0.383 e. The maximum atomic E-state index is 3.72. The van der Waals surface area contributed by atoms with E-state index in [1.807, 2.05) is 0 Å². The highest BCUT2D eigenvalue weighted by atomic mass is 15.1. The summed E-state index contributed by atoms with van der Waals surface area (Å²) in [5.41, 5.74) is 4.41. The topological polar surface area (TPSA) is 15.3 Å². The van der Waals surface area contributed by atoms with Crippen LogP contribution in [0.1, 0.15) is 44.6 Å². The molecule has 1 saturated heterocycles. The summed E-state index contributed by atoms with van der Waals surface area (Å²) in [6, 6.07) is 6.87. The van der Waals surface area contributed by atoms with Gasteiger partial charge in [-0.2, -0.15) is 0 Å². The molecule has 1 aromatic rings. The molecular weight excluding hydrogens is 232 g/mol. The van der Waals surface area contributed by atoms with Crippen LogP contribution < -0.4 is 10.2 Å². The Kier molecular flexibility index (Phi) is 3.95. The predicted octanol–water partition coefficient (Wildman–Crippen LogP) is 4.06. The lowest BCUT2D eigenvalue weighted by Crippen LogP contribution is -2.32. The Morgan fingerprint density at radius 1 is 1.21 bits per heavy atom. The van der Waals surface area contributed by atoms with Crippen molar-refractivity contribution in [3.8, 4) is 0 Å². The molecule has 1 atom stereocenters. The number of rotatable bonds is 3. The molecule has 1 N–H and O–H groups in total. The first-order valence-electron chi connectivity index (χ1n) is 7.99. The molecule has 0 aromatic heterocycles. The smallest absolute Gasteiger partial charge is 0.0610 e. The number of piperidine rings is 1. The van der Waals surface area contributed by atoms with E-state index in [-0.39, 0.29) is 0 Å². The van der Waals surface area contributed by atoms with E-state index < -0.39 is 0 Å². The van der Waals surface area contributed by atoms with Gasteiger partial charge in [-0.05, 0) is 49.7 Å². The second kappa shape index (κ2) is 5.85. The molecule has 0 saturated carbocycles. The van der Waals surface area contributed by atoms with E-state index in [1.54, 1.807) is 0 Å². The fraction of sp³-hybridized carbons (Fsp3) is 0.647. The van der Waals surface area contributed by atoms with Crippen LogP contribution in [0.4, 0.5) is 11.4 Å². The molecule has 1 unspecified atom stereocenters. The van der Waals surface area contributed by atoms with Gasteiger partial charge in [-0.15, -0.1) is 0 Å². The van der Waals surface area contributed by atoms with Crippen LogP contribution in [-0.2, 0) is 6.42 Å². The molecule has 0 radical (unpaired) electrons. The number of nitrogens with zero attached hydrogens (tertiary/aromatic N) is 1. The average molecular weight is 258 g/mol. The molecule has 1 aromatic carbocycles. The molecule has 2 aliphatic heterocycles. The summed E-state index contributed by atoms with van der Waals surface area (Å²) < 4.78 is 0. The average Bonchev–Trinajstić information content (AvgIpc) is 2.48. The third-order valence-electron chi connectivity index (χ3n) is 4.60. The van der Waals surface area contributed by atoms with Crippen molar-refractivity contribution >= 4 is 11.4 Å². The molecule has 1 fully saturated rings. The lowest BCUT2D eigenvalue weighted by molar-refractivity contribution is 0.489. The second-order valence-electron chi connectivity index (χ2n) is 6.10. The zero-order valence-electron chi connectivity index (χ0n) is 12.1. The lowest BCUT2D eigenvalue weighted by atomic mass is 9.90. The Morgan fingerprint density at radius 3 is 2.84 bits per heavy atom. The number of para-hydroxylation sites is 1. The van der Waals surface area contributed by atoms with E-state index in [0.717, 1.165) is 12.5 Å². The number of hydrogen-bond donors (Lipinski definition) is 1. The number of anilines is 2. The molecule has 0 aliphatic carbocycles. The van der Waals surface area contributed by atoms with Crippen LogP contribution in [0.2, 0.25) is 0 Å². The van der Waals surface area contributed by atoms with Crippen molar-refractivity contribution in [3.63, 3.8) is 0 Å². The van der Waals surface area contributed by atoms with E-state index in [1.165, 1.54) is 68.6 Å². The van der Waals surface area contributed by atoms with Gasteiger partial charge >= 0.3 is 0 Å². The zero-order valence-corrected chi connectivity index (χ0v) is 12.1. The van der Waals surface area contributed by atoms with E-state index in [0.29, 0.717) is 0 Å². The van der Waals surface area contributed by atoms with Crippen LogP contribution in [0, 0.1) is 5.92 Å². The SMILES string of the molecule is CCCC1CNc2c(cccc2N2CCCCC2)C1. The Hall–Kier alpha value is -1.18. The fourth-order valence-electron chi connectivity index (χ4n) is 3.60. The first kappa shape index (κ1) is 12.8. The standard InChI is InChI=1S/C17H26N2/c1-2-7-14-12-15-8-6-9-16(17(15)18-13-14)19-10-4-3-5-11-19/h6,8-9,14,18H,2-5,7,10-13H2,1H3. The molecule has 2 heteroatoms. The molecule has 104 valence electrons. The third kappa shape index (κ3) is 2.72. The van der Waals surface area contributed by atoms with Crippen LogP contribution in [0.5, 0.6) is 0 Å². The highest BCUT2D eigenvalue weighted by Crippen LogP contribution is 2.36. The van der Waals surface area contributed by atoms with Crippen molar-refractivity contribution in [2.45, 2.75) is 45.4 Å². The number of benzene rings is 1. The molecular formula is C17H26N2. The van der Waals surface area contributed by atoms with Gasteiger partial charge in [0.2, 0.25) is 0 Å². The van der Waals surface area contributed by atoms with Gasteiger partial charge in [0.05, 0.1) is 11.4 Å². The van der Waals surface area contributed by atoms with E-state index in [4.69, 9.17) is 0 Å². The molecule has 2 nitrogen and oxygen atoms in total. The Balaban J connectivity index is 1.81.